The van der Waals surface area contributed by atoms with E-state index in [4.69, 9.17) is 9.15 Å². The molecule has 23 heavy (non-hydrogen) atoms. The topological polar surface area (TPSA) is 51.5 Å². The van der Waals surface area contributed by atoms with Crippen LogP contribution in [0.3, 0.4) is 0 Å². The van der Waals surface area contributed by atoms with Crippen molar-refractivity contribution in [2.45, 2.75) is 12.7 Å². The lowest BCUT2D eigenvalue weighted by Gasteiger charge is -2.08. The maximum atomic E-state index is 12.1. The largest absolute Gasteiger partial charge is 0.489 e. The number of benzene rings is 1. The van der Waals surface area contributed by atoms with Crippen molar-refractivity contribution >= 4 is 17.7 Å². The second kappa shape index (κ2) is 9.10. The highest BCUT2D eigenvalue weighted by molar-refractivity contribution is 7.98. The zero-order valence-electron chi connectivity index (χ0n) is 13.2. The Balaban J connectivity index is 1.72. The van der Waals surface area contributed by atoms with Gasteiger partial charge in [0.15, 0.2) is 0 Å². The molecule has 0 unspecified atom stereocenters. The van der Waals surface area contributed by atoms with Crippen LogP contribution >= 0.6 is 11.8 Å². The van der Waals surface area contributed by atoms with E-state index in [-0.39, 0.29) is 5.91 Å². The predicted molar refractivity (Wildman–Crippen MR) is 94.0 cm³/mol. The van der Waals surface area contributed by atoms with Gasteiger partial charge in [-0.25, -0.2) is 0 Å². The molecule has 0 spiro atoms. The number of hydrogen-bond acceptors (Lipinski definition) is 4. The molecule has 0 aliphatic heterocycles. The maximum Gasteiger partial charge on any atom is 0.251 e. The number of carbonyl (C=O) groups excluding carboxylic acids is 1. The third-order valence-electron chi connectivity index (χ3n) is 2.94. The SMILES string of the molecule is C=C(C)COc1cccc(C(=O)NCCSCc2ccco2)c1. The molecule has 1 heterocycles. The van der Waals surface area contributed by atoms with Crippen molar-refractivity contribution in [1.29, 1.82) is 0 Å². The minimum atomic E-state index is -0.0932. The van der Waals surface area contributed by atoms with E-state index in [9.17, 15) is 4.79 Å². The minimum Gasteiger partial charge on any atom is -0.489 e. The van der Waals surface area contributed by atoms with Gasteiger partial charge >= 0.3 is 0 Å². The molecule has 0 bridgehead atoms. The number of thioether (sulfide) groups is 1. The summed E-state index contributed by atoms with van der Waals surface area (Å²) in [7, 11) is 0. The van der Waals surface area contributed by atoms with E-state index in [0.29, 0.717) is 24.5 Å². The molecule has 1 N–H and O–H groups in total. The van der Waals surface area contributed by atoms with Crippen LogP contribution in [0.15, 0.2) is 59.2 Å². The lowest BCUT2D eigenvalue weighted by molar-refractivity contribution is 0.0956. The first-order chi connectivity index (χ1) is 11.1. The highest BCUT2D eigenvalue weighted by atomic mass is 32.2. The number of furan rings is 1. The Bertz CT molecular complexity index is 637. The van der Waals surface area contributed by atoms with Crippen molar-refractivity contribution in [1.82, 2.24) is 5.32 Å². The summed E-state index contributed by atoms with van der Waals surface area (Å²) < 4.78 is 10.8. The van der Waals surface area contributed by atoms with Crippen LogP contribution in [0.25, 0.3) is 0 Å². The molecule has 2 rings (SSSR count). The Hall–Kier alpha value is -2.14. The molecule has 0 saturated carbocycles. The van der Waals surface area contributed by atoms with Gasteiger partial charge in [0.25, 0.3) is 5.91 Å². The lowest BCUT2D eigenvalue weighted by atomic mass is 10.2. The van der Waals surface area contributed by atoms with Crippen LogP contribution in [0.1, 0.15) is 23.0 Å². The third kappa shape index (κ3) is 6.24. The molecule has 0 saturated heterocycles. The van der Waals surface area contributed by atoms with Gasteiger partial charge in [0.1, 0.15) is 18.1 Å². The molecule has 0 aliphatic rings. The van der Waals surface area contributed by atoms with Crippen LogP contribution in [-0.4, -0.2) is 24.8 Å². The summed E-state index contributed by atoms with van der Waals surface area (Å²) in [4.78, 5) is 12.1. The van der Waals surface area contributed by atoms with E-state index in [0.717, 1.165) is 22.8 Å². The second-order valence-corrected chi connectivity index (χ2v) is 6.27. The van der Waals surface area contributed by atoms with Crippen molar-refractivity contribution in [2.75, 3.05) is 18.9 Å². The van der Waals surface area contributed by atoms with Gasteiger partial charge in [-0.15, -0.1) is 0 Å². The lowest BCUT2D eigenvalue weighted by Crippen LogP contribution is -2.25. The van der Waals surface area contributed by atoms with E-state index in [2.05, 4.69) is 11.9 Å². The monoisotopic (exact) mass is 331 g/mol. The van der Waals surface area contributed by atoms with Crippen LogP contribution in [-0.2, 0) is 5.75 Å². The number of carbonyl (C=O) groups is 1. The fourth-order valence-electron chi connectivity index (χ4n) is 1.84. The van der Waals surface area contributed by atoms with Gasteiger partial charge in [0, 0.05) is 17.9 Å². The fourth-order valence-corrected chi connectivity index (χ4v) is 2.60. The first kappa shape index (κ1) is 17.2. The standard InChI is InChI=1S/C18H21NO3S/c1-14(2)12-22-16-6-3-5-15(11-16)18(20)19-8-10-23-13-17-7-4-9-21-17/h3-7,9,11H,1,8,10,12-13H2,2H3,(H,19,20). The molecule has 1 aromatic heterocycles. The summed E-state index contributed by atoms with van der Waals surface area (Å²) >= 11 is 1.72. The van der Waals surface area contributed by atoms with Crippen LogP contribution in [0.4, 0.5) is 0 Å². The Morgan fingerprint density at radius 1 is 1.35 bits per heavy atom. The van der Waals surface area contributed by atoms with Gasteiger partial charge in [0.2, 0.25) is 0 Å². The maximum absolute atomic E-state index is 12.1. The highest BCUT2D eigenvalue weighted by Gasteiger charge is 2.06. The summed E-state index contributed by atoms with van der Waals surface area (Å²) in [6.07, 6.45) is 1.67. The molecule has 0 fully saturated rings. The van der Waals surface area contributed by atoms with Gasteiger partial charge < -0.3 is 14.5 Å². The first-order valence-corrected chi connectivity index (χ1v) is 8.56. The number of ether oxygens (including phenoxy) is 1. The summed E-state index contributed by atoms with van der Waals surface area (Å²) in [5.41, 5.74) is 1.54. The molecule has 0 atom stereocenters. The van der Waals surface area contributed by atoms with Crippen LogP contribution in [0.5, 0.6) is 5.75 Å². The van der Waals surface area contributed by atoms with Gasteiger partial charge in [0.05, 0.1) is 12.0 Å². The number of nitrogens with one attached hydrogen (secondary N) is 1. The van der Waals surface area contributed by atoms with E-state index in [1.807, 2.05) is 31.2 Å². The molecule has 0 aliphatic carbocycles. The van der Waals surface area contributed by atoms with Gasteiger partial charge in [-0.3, -0.25) is 4.79 Å². The van der Waals surface area contributed by atoms with Crippen molar-refractivity contribution in [3.63, 3.8) is 0 Å². The van der Waals surface area contributed by atoms with Crippen molar-refractivity contribution in [2.24, 2.45) is 0 Å². The molecule has 0 radical (unpaired) electrons. The van der Waals surface area contributed by atoms with Gasteiger partial charge in [-0.2, -0.15) is 11.8 Å². The van der Waals surface area contributed by atoms with Crippen LogP contribution in [0, 0.1) is 0 Å². The Kier molecular flexibility index (Phi) is 6.81. The molecule has 1 aromatic carbocycles. The molecule has 122 valence electrons. The normalized spacial score (nSPS) is 10.3. The molecule has 4 nitrogen and oxygen atoms in total. The van der Waals surface area contributed by atoms with Crippen LogP contribution in [0.2, 0.25) is 0 Å². The molecule has 2 aromatic rings. The fraction of sp³-hybridized carbons (Fsp3) is 0.278. The van der Waals surface area contributed by atoms with E-state index in [1.165, 1.54) is 0 Å². The zero-order valence-corrected chi connectivity index (χ0v) is 14.0. The van der Waals surface area contributed by atoms with E-state index < -0.39 is 0 Å². The zero-order chi connectivity index (χ0) is 16.5. The Labute approximate surface area is 140 Å². The Morgan fingerprint density at radius 3 is 2.96 bits per heavy atom. The van der Waals surface area contributed by atoms with E-state index in [1.54, 1.807) is 30.2 Å². The average Bonchev–Trinajstić information content (AvgIpc) is 3.06. The minimum absolute atomic E-state index is 0.0932. The highest BCUT2D eigenvalue weighted by Crippen LogP contribution is 2.14. The molecular formula is C18H21NO3S. The number of rotatable bonds is 9. The quantitative estimate of drug-likeness (QED) is 0.559. The van der Waals surface area contributed by atoms with Crippen LogP contribution < -0.4 is 10.1 Å². The molecule has 1 amide bonds. The molecular weight excluding hydrogens is 310 g/mol. The van der Waals surface area contributed by atoms with Crippen molar-refractivity contribution < 1.29 is 13.9 Å². The summed E-state index contributed by atoms with van der Waals surface area (Å²) in [6.45, 7) is 6.76. The van der Waals surface area contributed by atoms with Crippen molar-refractivity contribution in [3.8, 4) is 5.75 Å². The van der Waals surface area contributed by atoms with Gasteiger partial charge in [-0.1, -0.05) is 12.6 Å². The first-order valence-electron chi connectivity index (χ1n) is 7.41. The van der Waals surface area contributed by atoms with E-state index >= 15 is 0 Å². The van der Waals surface area contributed by atoms with Crippen molar-refractivity contribution in [3.05, 3.63) is 66.1 Å². The number of hydrogen-bond donors (Lipinski definition) is 1. The predicted octanol–water partition coefficient (Wildman–Crippen LogP) is 3.90. The smallest absolute Gasteiger partial charge is 0.251 e. The summed E-state index contributed by atoms with van der Waals surface area (Å²) in [5.74, 6) is 3.17. The summed E-state index contributed by atoms with van der Waals surface area (Å²) in [5, 5.41) is 2.91. The number of amides is 1. The Morgan fingerprint density at radius 2 is 2.22 bits per heavy atom. The van der Waals surface area contributed by atoms with Gasteiger partial charge in [-0.05, 0) is 42.8 Å². The second-order valence-electron chi connectivity index (χ2n) is 5.16. The third-order valence-corrected chi connectivity index (χ3v) is 3.92. The average molecular weight is 331 g/mol. The summed E-state index contributed by atoms with van der Waals surface area (Å²) in [6, 6.07) is 11.0. The molecule has 5 heteroatoms.